The van der Waals surface area contributed by atoms with Gasteiger partial charge in [-0.05, 0) is 35.9 Å². The van der Waals surface area contributed by atoms with Gasteiger partial charge in [0.25, 0.3) is 5.69 Å². The summed E-state index contributed by atoms with van der Waals surface area (Å²) < 4.78 is 0. The van der Waals surface area contributed by atoms with Crippen LogP contribution in [0, 0.1) is 32.8 Å². The lowest BCUT2D eigenvalue weighted by Gasteiger charge is -2.14. The van der Waals surface area contributed by atoms with Crippen LogP contribution >= 0.6 is 23.5 Å². The molecule has 2 aromatic rings. The molecule has 0 fully saturated rings. The number of nitrogens with one attached hydrogen (secondary N) is 1. The molecule has 0 unspecified atom stereocenters. The van der Waals surface area contributed by atoms with Crippen LogP contribution in [0.25, 0.3) is 6.08 Å². The lowest BCUT2D eigenvalue weighted by molar-refractivity contribution is -0.384. The highest BCUT2D eigenvalue weighted by Gasteiger charge is 2.11. The van der Waals surface area contributed by atoms with Crippen molar-refractivity contribution < 1.29 is 9.72 Å². The van der Waals surface area contributed by atoms with Gasteiger partial charge in [-0.2, -0.15) is 10.5 Å². The van der Waals surface area contributed by atoms with E-state index in [1.54, 1.807) is 30.3 Å². The highest BCUT2D eigenvalue weighted by Crippen LogP contribution is 2.36. The number of carbonyl (C=O) groups excluding carboxylic acids is 1. The molecule has 31 heavy (non-hydrogen) atoms. The molecular weight excluding hydrogens is 434 g/mol. The number of nitro benzene ring substituents is 1. The average molecular weight is 454 g/mol. The van der Waals surface area contributed by atoms with Crippen molar-refractivity contribution >= 4 is 52.6 Å². The van der Waals surface area contributed by atoms with Crippen LogP contribution in [-0.2, 0) is 4.79 Å². The number of hydrogen-bond donors (Lipinski definition) is 2. The van der Waals surface area contributed by atoms with E-state index in [1.165, 1.54) is 41.7 Å². The number of nitriles is 2. The molecule has 0 radical (unpaired) electrons. The standard InChI is InChI=1S/C21H19N5O3S2/c22-9-1-11-30-19-14-18(20(13-17(19)24)31-12-2-10-23)25-21(27)8-5-15-3-6-16(7-4-15)26(28)29/h3-8,13-14H,1-2,11-12,24H2,(H,25,27)/b8-5+. The number of nitro groups is 1. The highest BCUT2D eigenvalue weighted by molar-refractivity contribution is 8.00. The predicted molar refractivity (Wildman–Crippen MR) is 124 cm³/mol. The number of nitrogens with two attached hydrogens (primary N) is 1. The first kappa shape index (κ1) is 23.8. The van der Waals surface area contributed by atoms with Crippen molar-refractivity contribution in [2.45, 2.75) is 22.6 Å². The largest absolute Gasteiger partial charge is 0.398 e. The first-order chi connectivity index (χ1) is 14.9. The fourth-order valence-corrected chi connectivity index (χ4v) is 4.11. The Morgan fingerprint density at radius 2 is 1.71 bits per heavy atom. The summed E-state index contributed by atoms with van der Waals surface area (Å²) in [5.74, 6) is 0.756. The molecule has 0 aliphatic carbocycles. The van der Waals surface area contributed by atoms with Crippen molar-refractivity contribution in [3.8, 4) is 12.1 Å². The number of nitrogen functional groups attached to an aromatic ring is 1. The molecule has 0 saturated carbocycles. The second kappa shape index (κ2) is 12.3. The molecule has 2 aromatic carbocycles. The van der Waals surface area contributed by atoms with Gasteiger partial charge in [-0.3, -0.25) is 14.9 Å². The van der Waals surface area contributed by atoms with E-state index in [4.69, 9.17) is 16.3 Å². The van der Waals surface area contributed by atoms with Crippen molar-refractivity contribution in [2.24, 2.45) is 0 Å². The number of non-ortho nitro benzene ring substituents is 1. The van der Waals surface area contributed by atoms with E-state index in [9.17, 15) is 14.9 Å². The number of amides is 1. The van der Waals surface area contributed by atoms with Gasteiger partial charge in [0.15, 0.2) is 0 Å². The Bertz CT molecular complexity index is 1060. The molecule has 0 spiro atoms. The smallest absolute Gasteiger partial charge is 0.269 e. The fourth-order valence-electron chi connectivity index (χ4n) is 2.38. The van der Waals surface area contributed by atoms with Crippen molar-refractivity contribution in [1.82, 2.24) is 0 Å². The Kier molecular flexibility index (Phi) is 9.43. The molecule has 0 atom stereocenters. The summed E-state index contributed by atoms with van der Waals surface area (Å²) in [5, 5.41) is 31.0. The van der Waals surface area contributed by atoms with Gasteiger partial charge < -0.3 is 11.1 Å². The third-order valence-electron chi connectivity index (χ3n) is 3.84. The average Bonchev–Trinajstić information content (AvgIpc) is 2.75. The van der Waals surface area contributed by atoms with Crippen LogP contribution in [-0.4, -0.2) is 22.3 Å². The van der Waals surface area contributed by atoms with Crippen molar-refractivity contribution in [3.05, 3.63) is 58.2 Å². The molecule has 0 aromatic heterocycles. The maximum absolute atomic E-state index is 12.5. The number of thioether (sulfide) groups is 2. The van der Waals surface area contributed by atoms with Gasteiger partial charge in [0.1, 0.15) is 0 Å². The van der Waals surface area contributed by atoms with E-state index >= 15 is 0 Å². The van der Waals surface area contributed by atoms with Crippen LogP contribution < -0.4 is 11.1 Å². The number of carbonyl (C=O) groups is 1. The molecule has 0 aliphatic rings. The van der Waals surface area contributed by atoms with Crippen LogP contribution in [0.5, 0.6) is 0 Å². The van der Waals surface area contributed by atoms with E-state index < -0.39 is 4.92 Å². The summed E-state index contributed by atoms with van der Waals surface area (Å²) in [6, 6.07) is 13.5. The van der Waals surface area contributed by atoms with E-state index in [1.807, 2.05) is 0 Å². The Morgan fingerprint density at radius 3 is 2.29 bits per heavy atom. The number of benzene rings is 2. The first-order valence-corrected chi connectivity index (χ1v) is 11.1. The minimum Gasteiger partial charge on any atom is -0.398 e. The minimum absolute atomic E-state index is 0.0241. The SMILES string of the molecule is N#CCCSc1cc(NC(=O)/C=C/c2ccc([N+](=O)[O-])cc2)c(SCCC#N)cc1N. The number of rotatable bonds is 10. The minimum atomic E-state index is -0.487. The fraction of sp³-hybridized carbons (Fsp3) is 0.190. The summed E-state index contributed by atoms with van der Waals surface area (Å²) in [6.07, 6.45) is 3.63. The summed E-state index contributed by atoms with van der Waals surface area (Å²) in [4.78, 5) is 24.2. The molecule has 158 valence electrons. The van der Waals surface area contributed by atoms with Gasteiger partial charge in [0, 0.05) is 58.0 Å². The van der Waals surface area contributed by atoms with E-state index in [0.717, 1.165) is 9.79 Å². The lowest BCUT2D eigenvalue weighted by atomic mass is 10.2. The monoisotopic (exact) mass is 453 g/mol. The molecular formula is C21H19N5O3S2. The third-order valence-corrected chi connectivity index (χ3v) is 5.97. The molecule has 8 nitrogen and oxygen atoms in total. The molecule has 3 N–H and O–H groups in total. The van der Waals surface area contributed by atoms with Gasteiger partial charge in [-0.1, -0.05) is 0 Å². The van der Waals surface area contributed by atoms with Crippen LogP contribution in [0.2, 0.25) is 0 Å². The Hall–Kier alpha value is -3.47. The van der Waals surface area contributed by atoms with Crippen LogP contribution in [0.1, 0.15) is 18.4 Å². The topological polar surface area (TPSA) is 146 Å². The second-order valence-corrected chi connectivity index (χ2v) is 8.34. The molecule has 10 heteroatoms. The van der Waals surface area contributed by atoms with E-state index in [0.29, 0.717) is 41.3 Å². The first-order valence-electron chi connectivity index (χ1n) is 9.11. The van der Waals surface area contributed by atoms with Crippen molar-refractivity contribution in [1.29, 1.82) is 10.5 Å². The number of nitrogens with zero attached hydrogens (tertiary/aromatic N) is 3. The van der Waals surface area contributed by atoms with Gasteiger partial charge in [-0.15, -0.1) is 23.5 Å². The van der Waals surface area contributed by atoms with Gasteiger partial charge in [0.05, 0.1) is 22.7 Å². The Morgan fingerprint density at radius 1 is 1.10 bits per heavy atom. The van der Waals surface area contributed by atoms with Crippen LogP contribution in [0.3, 0.4) is 0 Å². The van der Waals surface area contributed by atoms with Gasteiger partial charge in [-0.25, -0.2) is 0 Å². The van der Waals surface area contributed by atoms with E-state index in [-0.39, 0.29) is 11.6 Å². The zero-order chi connectivity index (χ0) is 22.6. The molecule has 0 saturated heterocycles. The normalized spacial score (nSPS) is 10.4. The second-order valence-electron chi connectivity index (χ2n) is 6.07. The van der Waals surface area contributed by atoms with Gasteiger partial charge >= 0.3 is 0 Å². The molecule has 0 heterocycles. The molecule has 0 bridgehead atoms. The summed E-state index contributed by atoms with van der Waals surface area (Å²) >= 11 is 2.85. The van der Waals surface area contributed by atoms with Crippen LogP contribution in [0.4, 0.5) is 17.1 Å². The predicted octanol–water partition coefficient (Wildman–Crippen LogP) is 4.84. The number of anilines is 2. The summed E-state index contributed by atoms with van der Waals surface area (Å²) in [5.41, 5.74) is 7.85. The van der Waals surface area contributed by atoms with Crippen molar-refractivity contribution in [2.75, 3.05) is 22.6 Å². The Labute approximate surface area is 188 Å². The lowest BCUT2D eigenvalue weighted by Crippen LogP contribution is -2.09. The van der Waals surface area contributed by atoms with Gasteiger partial charge in [0.2, 0.25) is 5.91 Å². The third kappa shape index (κ3) is 7.70. The number of hydrogen-bond acceptors (Lipinski definition) is 8. The summed E-state index contributed by atoms with van der Waals surface area (Å²) in [7, 11) is 0. The summed E-state index contributed by atoms with van der Waals surface area (Å²) in [6.45, 7) is 0. The highest BCUT2D eigenvalue weighted by atomic mass is 32.2. The molecule has 1 amide bonds. The van der Waals surface area contributed by atoms with Crippen molar-refractivity contribution in [3.63, 3.8) is 0 Å². The van der Waals surface area contributed by atoms with E-state index in [2.05, 4.69) is 17.5 Å². The zero-order valence-corrected chi connectivity index (χ0v) is 18.0. The van der Waals surface area contributed by atoms with Crippen LogP contribution in [0.15, 0.2) is 52.3 Å². The zero-order valence-electron chi connectivity index (χ0n) is 16.4. The molecule has 2 rings (SSSR count). The maximum atomic E-state index is 12.5. The molecule has 0 aliphatic heterocycles. The Balaban J connectivity index is 2.17. The maximum Gasteiger partial charge on any atom is 0.269 e. The quantitative estimate of drug-likeness (QED) is 0.130.